The van der Waals surface area contributed by atoms with Crippen LogP contribution in [0.25, 0.3) is 0 Å². The maximum atomic E-state index is 13.1. The fourth-order valence-corrected chi connectivity index (χ4v) is 3.09. The molecule has 3 aromatic heterocycles. The van der Waals surface area contributed by atoms with Gasteiger partial charge < -0.3 is 15.6 Å². The van der Waals surface area contributed by atoms with E-state index >= 15 is 0 Å². The highest BCUT2D eigenvalue weighted by Crippen LogP contribution is 2.15. The highest BCUT2D eigenvalue weighted by molar-refractivity contribution is 5.82. The minimum atomic E-state index is -0.404. The Morgan fingerprint density at radius 1 is 1.00 bits per heavy atom. The quantitative estimate of drug-likeness (QED) is 0.423. The Bertz CT molecular complexity index is 798. The summed E-state index contributed by atoms with van der Waals surface area (Å²) in [5.41, 5.74) is 2.64. The van der Waals surface area contributed by atoms with Crippen LogP contribution in [0.15, 0.2) is 61.3 Å². The van der Waals surface area contributed by atoms with Gasteiger partial charge in [0.15, 0.2) is 0 Å². The van der Waals surface area contributed by atoms with E-state index in [2.05, 4.69) is 35.5 Å². The monoisotopic (exact) mass is 393 g/mol. The lowest BCUT2D eigenvalue weighted by Crippen LogP contribution is -2.49. The lowest BCUT2D eigenvalue weighted by atomic mass is 10.1. The lowest BCUT2D eigenvalue weighted by molar-refractivity contribution is -0.127. The van der Waals surface area contributed by atoms with Gasteiger partial charge in [-0.2, -0.15) is 0 Å². The standard InChI is InChI=1S/C21H27N7O/c1-22-10-11-26-21(29)20(12-19-13-23-16-27-19)28(14-17-6-2-4-8-24-17)15-18-7-3-5-9-25-18/h2-9,13,16,20,22H,10-12,14-15H2,1H3,(H,23,27)(H,26,29)/t20-/m0/s1. The zero-order valence-electron chi connectivity index (χ0n) is 16.6. The number of likely N-dealkylation sites (N-methyl/N-ethyl adjacent to an activating group) is 1. The largest absolute Gasteiger partial charge is 0.353 e. The first-order valence-electron chi connectivity index (χ1n) is 9.70. The summed E-state index contributed by atoms with van der Waals surface area (Å²) in [6.07, 6.45) is 7.49. The fourth-order valence-electron chi connectivity index (χ4n) is 3.09. The van der Waals surface area contributed by atoms with Crippen molar-refractivity contribution in [1.82, 2.24) is 35.5 Å². The highest BCUT2D eigenvalue weighted by atomic mass is 16.2. The maximum Gasteiger partial charge on any atom is 0.237 e. The number of imidazole rings is 1. The summed E-state index contributed by atoms with van der Waals surface area (Å²) < 4.78 is 0. The molecule has 0 unspecified atom stereocenters. The molecule has 3 heterocycles. The number of H-pyrrole nitrogens is 1. The number of rotatable bonds is 11. The molecule has 0 aliphatic carbocycles. The predicted octanol–water partition coefficient (Wildman–Crippen LogP) is 1.15. The van der Waals surface area contributed by atoms with Crippen LogP contribution >= 0.6 is 0 Å². The summed E-state index contributed by atoms with van der Waals surface area (Å²) in [6, 6.07) is 11.2. The normalized spacial score (nSPS) is 12.1. The number of amides is 1. The summed E-state index contributed by atoms with van der Waals surface area (Å²) in [5.74, 6) is -0.0323. The molecular formula is C21H27N7O. The molecule has 8 heteroatoms. The molecule has 0 aromatic carbocycles. The van der Waals surface area contributed by atoms with E-state index in [1.807, 2.05) is 49.6 Å². The number of aromatic nitrogens is 4. The van der Waals surface area contributed by atoms with Gasteiger partial charge in [0.05, 0.1) is 29.5 Å². The smallest absolute Gasteiger partial charge is 0.237 e. The van der Waals surface area contributed by atoms with E-state index in [0.717, 1.165) is 17.1 Å². The molecule has 0 spiro atoms. The van der Waals surface area contributed by atoms with Gasteiger partial charge in [0, 0.05) is 51.2 Å². The van der Waals surface area contributed by atoms with Gasteiger partial charge in [-0.3, -0.25) is 19.7 Å². The molecule has 1 amide bonds. The van der Waals surface area contributed by atoms with Crippen molar-refractivity contribution in [2.45, 2.75) is 25.6 Å². The van der Waals surface area contributed by atoms with Crippen LogP contribution in [0.1, 0.15) is 17.1 Å². The van der Waals surface area contributed by atoms with Gasteiger partial charge in [-0.1, -0.05) is 12.1 Å². The summed E-state index contributed by atoms with van der Waals surface area (Å²) in [6.45, 7) is 2.34. The van der Waals surface area contributed by atoms with Crippen LogP contribution in [0.4, 0.5) is 0 Å². The molecule has 1 atom stereocenters. The number of hydrogen-bond donors (Lipinski definition) is 3. The average Bonchev–Trinajstić information content (AvgIpc) is 3.26. The van der Waals surface area contributed by atoms with E-state index in [4.69, 9.17) is 0 Å². The first-order chi connectivity index (χ1) is 14.3. The minimum absolute atomic E-state index is 0.0323. The van der Waals surface area contributed by atoms with Crippen LogP contribution < -0.4 is 10.6 Å². The van der Waals surface area contributed by atoms with Crippen LogP contribution in [0.2, 0.25) is 0 Å². The Labute approximate surface area is 170 Å². The van der Waals surface area contributed by atoms with Crippen LogP contribution in [0, 0.1) is 0 Å². The lowest BCUT2D eigenvalue weighted by Gasteiger charge is -2.30. The Morgan fingerprint density at radius 3 is 2.21 bits per heavy atom. The number of nitrogens with zero attached hydrogens (tertiary/aromatic N) is 4. The number of carbonyl (C=O) groups is 1. The summed E-state index contributed by atoms with van der Waals surface area (Å²) in [7, 11) is 1.86. The van der Waals surface area contributed by atoms with Crippen LogP contribution in [0.3, 0.4) is 0 Å². The Kier molecular flexibility index (Phi) is 7.85. The molecule has 3 N–H and O–H groups in total. The van der Waals surface area contributed by atoms with Gasteiger partial charge in [0.25, 0.3) is 0 Å². The van der Waals surface area contributed by atoms with E-state index in [-0.39, 0.29) is 5.91 Å². The van der Waals surface area contributed by atoms with E-state index in [9.17, 15) is 4.79 Å². The van der Waals surface area contributed by atoms with Crippen molar-refractivity contribution in [3.8, 4) is 0 Å². The molecule has 0 saturated carbocycles. The molecular weight excluding hydrogens is 366 g/mol. The van der Waals surface area contributed by atoms with Gasteiger partial charge in [0.2, 0.25) is 5.91 Å². The minimum Gasteiger partial charge on any atom is -0.353 e. The van der Waals surface area contributed by atoms with Crippen molar-refractivity contribution in [2.75, 3.05) is 20.1 Å². The average molecular weight is 393 g/mol. The number of hydrogen-bond acceptors (Lipinski definition) is 6. The second-order valence-corrected chi connectivity index (χ2v) is 6.72. The van der Waals surface area contributed by atoms with E-state index in [1.165, 1.54) is 0 Å². The summed E-state index contributed by atoms with van der Waals surface area (Å²) in [4.78, 5) is 31.4. The second-order valence-electron chi connectivity index (χ2n) is 6.72. The molecule has 3 rings (SSSR count). The molecule has 0 saturated heterocycles. The topological polar surface area (TPSA) is 98.8 Å². The number of carbonyl (C=O) groups excluding carboxylic acids is 1. The maximum absolute atomic E-state index is 13.1. The Balaban J connectivity index is 1.85. The third-order valence-electron chi connectivity index (χ3n) is 4.56. The van der Waals surface area contributed by atoms with Crippen molar-refractivity contribution >= 4 is 5.91 Å². The fraction of sp³-hybridized carbons (Fsp3) is 0.333. The van der Waals surface area contributed by atoms with Crippen molar-refractivity contribution in [1.29, 1.82) is 0 Å². The summed E-state index contributed by atoms with van der Waals surface area (Å²) >= 11 is 0. The van der Waals surface area contributed by atoms with Crippen LogP contribution in [-0.4, -0.2) is 56.9 Å². The van der Waals surface area contributed by atoms with E-state index in [1.54, 1.807) is 18.7 Å². The Morgan fingerprint density at radius 2 is 1.69 bits per heavy atom. The van der Waals surface area contributed by atoms with E-state index in [0.29, 0.717) is 32.6 Å². The van der Waals surface area contributed by atoms with Crippen molar-refractivity contribution in [3.63, 3.8) is 0 Å². The van der Waals surface area contributed by atoms with E-state index < -0.39 is 6.04 Å². The van der Waals surface area contributed by atoms with Crippen LogP contribution in [-0.2, 0) is 24.3 Å². The SMILES string of the molecule is CNCCNC(=O)[C@H](Cc1c[nH]cn1)N(Cc1ccccn1)Cc1ccccn1. The predicted molar refractivity (Wildman–Crippen MR) is 111 cm³/mol. The highest BCUT2D eigenvalue weighted by Gasteiger charge is 2.27. The first kappa shape index (κ1) is 20.6. The molecule has 0 aliphatic heterocycles. The molecule has 3 aromatic rings. The number of aromatic amines is 1. The number of pyridine rings is 2. The van der Waals surface area contributed by atoms with Crippen molar-refractivity contribution < 1.29 is 4.79 Å². The third-order valence-corrected chi connectivity index (χ3v) is 4.56. The number of nitrogens with one attached hydrogen (secondary N) is 3. The molecule has 152 valence electrons. The van der Waals surface area contributed by atoms with Gasteiger partial charge in [-0.25, -0.2) is 4.98 Å². The zero-order valence-corrected chi connectivity index (χ0v) is 16.6. The first-order valence-corrected chi connectivity index (χ1v) is 9.70. The Hall–Kier alpha value is -3.10. The summed E-state index contributed by atoms with van der Waals surface area (Å²) in [5, 5.41) is 6.08. The van der Waals surface area contributed by atoms with Crippen molar-refractivity contribution in [2.24, 2.45) is 0 Å². The van der Waals surface area contributed by atoms with Gasteiger partial charge in [0.1, 0.15) is 0 Å². The third kappa shape index (κ3) is 6.48. The zero-order chi connectivity index (χ0) is 20.3. The van der Waals surface area contributed by atoms with Gasteiger partial charge >= 0.3 is 0 Å². The second kappa shape index (κ2) is 11.0. The molecule has 0 fully saturated rings. The van der Waals surface area contributed by atoms with Crippen LogP contribution in [0.5, 0.6) is 0 Å². The molecule has 29 heavy (non-hydrogen) atoms. The van der Waals surface area contributed by atoms with Gasteiger partial charge in [-0.05, 0) is 31.3 Å². The molecule has 0 aliphatic rings. The molecule has 0 radical (unpaired) electrons. The van der Waals surface area contributed by atoms with Gasteiger partial charge in [-0.15, -0.1) is 0 Å². The van der Waals surface area contributed by atoms with Crippen molar-refractivity contribution in [3.05, 3.63) is 78.4 Å². The molecule has 0 bridgehead atoms. The molecule has 8 nitrogen and oxygen atoms in total.